The van der Waals surface area contributed by atoms with E-state index in [-0.39, 0.29) is 25.2 Å². The molecule has 130 valence electrons. The van der Waals surface area contributed by atoms with Crippen LogP contribution < -0.4 is 9.64 Å². The van der Waals surface area contributed by atoms with Crippen LogP contribution in [0, 0.1) is 0 Å². The number of esters is 1. The third kappa shape index (κ3) is 4.12. The predicted molar refractivity (Wildman–Crippen MR) is 95.0 cm³/mol. The Hall–Kier alpha value is -2.53. The van der Waals surface area contributed by atoms with Gasteiger partial charge in [-0.15, -0.1) is 0 Å². The fraction of sp³-hybridized carbons (Fsp3) is 0.263. The number of carbonyl (C=O) groups excluding carboxylic acids is 2. The van der Waals surface area contributed by atoms with Crippen LogP contribution in [-0.2, 0) is 20.7 Å². The number of halogens is 1. The third-order valence-corrected chi connectivity index (χ3v) is 4.25. The number of fused-ring (bicyclic) bond motifs is 1. The van der Waals surface area contributed by atoms with Gasteiger partial charge in [0, 0.05) is 16.8 Å². The molecule has 0 N–H and O–H groups in total. The Labute approximate surface area is 151 Å². The van der Waals surface area contributed by atoms with E-state index in [0.717, 1.165) is 17.7 Å². The van der Waals surface area contributed by atoms with Crippen molar-refractivity contribution in [1.29, 1.82) is 0 Å². The minimum absolute atomic E-state index is 0.0499. The van der Waals surface area contributed by atoms with Crippen molar-refractivity contribution in [3.05, 3.63) is 59.1 Å². The van der Waals surface area contributed by atoms with E-state index < -0.39 is 5.97 Å². The lowest BCUT2D eigenvalue weighted by Crippen LogP contribution is -2.39. The van der Waals surface area contributed by atoms with Gasteiger partial charge in [0.1, 0.15) is 5.75 Å². The lowest BCUT2D eigenvalue weighted by atomic mass is 10.1. The van der Waals surface area contributed by atoms with Crippen LogP contribution in [0.1, 0.15) is 12.5 Å². The average Bonchev–Trinajstić information content (AvgIpc) is 2.95. The van der Waals surface area contributed by atoms with Crippen molar-refractivity contribution < 1.29 is 19.1 Å². The minimum Gasteiger partial charge on any atom is -0.482 e. The molecule has 0 radical (unpaired) electrons. The summed E-state index contributed by atoms with van der Waals surface area (Å²) in [5.41, 5.74) is 2.01. The normalized spacial score (nSPS) is 15.6. The number of hydrogen-bond acceptors (Lipinski definition) is 4. The summed E-state index contributed by atoms with van der Waals surface area (Å²) in [7, 11) is 0. The van der Waals surface area contributed by atoms with Crippen LogP contribution in [-0.4, -0.2) is 31.1 Å². The summed E-state index contributed by atoms with van der Waals surface area (Å²) in [6, 6.07) is 14.4. The fourth-order valence-electron chi connectivity index (χ4n) is 2.87. The first-order valence-electron chi connectivity index (χ1n) is 7.98. The number of rotatable bonds is 5. The van der Waals surface area contributed by atoms with E-state index in [1.165, 1.54) is 0 Å². The van der Waals surface area contributed by atoms with Crippen molar-refractivity contribution >= 4 is 29.2 Å². The first-order valence-corrected chi connectivity index (χ1v) is 8.36. The first kappa shape index (κ1) is 17.3. The van der Waals surface area contributed by atoms with E-state index in [1.54, 1.807) is 29.2 Å². The van der Waals surface area contributed by atoms with E-state index in [2.05, 4.69) is 0 Å². The van der Waals surface area contributed by atoms with Crippen molar-refractivity contribution in [2.75, 3.05) is 18.1 Å². The molecule has 1 aliphatic heterocycles. The van der Waals surface area contributed by atoms with E-state index in [0.29, 0.717) is 10.8 Å². The Morgan fingerprint density at radius 2 is 1.84 bits per heavy atom. The Morgan fingerprint density at radius 3 is 2.60 bits per heavy atom. The number of ether oxygens (including phenoxy) is 2. The van der Waals surface area contributed by atoms with Gasteiger partial charge in [0.2, 0.25) is 0 Å². The monoisotopic (exact) mass is 359 g/mol. The van der Waals surface area contributed by atoms with Gasteiger partial charge in [-0.05, 0) is 49.2 Å². The van der Waals surface area contributed by atoms with E-state index >= 15 is 0 Å². The number of hydrogen-bond donors (Lipinski definition) is 0. The molecular formula is C19H18ClNO4. The summed E-state index contributed by atoms with van der Waals surface area (Å²) in [6.45, 7) is 1.41. The highest BCUT2D eigenvalue weighted by molar-refractivity contribution is 6.30. The lowest BCUT2D eigenvalue weighted by Gasteiger charge is -2.22. The standard InChI is InChI=1S/C19H18ClNO4/c1-13-10-14-4-2-3-5-17(14)21(13)18(22)11-25-19(23)12-24-16-8-6-15(20)7-9-16/h2-9,13H,10-12H2,1H3/t13-/m1/s1. The van der Waals surface area contributed by atoms with Crippen LogP contribution in [0.25, 0.3) is 0 Å². The maximum atomic E-state index is 12.4. The molecule has 1 amide bonds. The quantitative estimate of drug-likeness (QED) is 0.769. The van der Waals surface area contributed by atoms with Crippen molar-refractivity contribution in [3.63, 3.8) is 0 Å². The fourth-order valence-corrected chi connectivity index (χ4v) is 3.00. The molecule has 0 unspecified atom stereocenters. The maximum absolute atomic E-state index is 12.4. The zero-order chi connectivity index (χ0) is 17.8. The molecule has 0 saturated carbocycles. The van der Waals surface area contributed by atoms with Crippen molar-refractivity contribution in [2.24, 2.45) is 0 Å². The van der Waals surface area contributed by atoms with Gasteiger partial charge in [-0.2, -0.15) is 0 Å². The van der Waals surface area contributed by atoms with Crippen molar-refractivity contribution in [1.82, 2.24) is 0 Å². The zero-order valence-corrected chi connectivity index (χ0v) is 14.5. The molecule has 0 aliphatic carbocycles. The molecule has 1 heterocycles. The van der Waals surface area contributed by atoms with Crippen molar-refractivity contribution in [2.45, 2.75) is 19.4 Å². The van der Waals surface area contributed by atoms with E-state index in [4.69, 9.17) is 21.1 Å². The van der Waals surface area contributed by atoms with Gasteiger partial charge < -0.3 is 14.4 Å². The Morgan fingerprint density at radius 1 is 1.12 bits per heavy atom. The number of para-hydroxylation sites is 1. The maximum Gasteiger partial charge on any atom is 0.344 e. The molecule has 5 nitrogen and oxygen atoms in total. The molecular weight excluding hydrogens is 342 g/mol. The summed E-state index contributed by atoms with van der Waals surface area (Å²) in [6.07, 6.45) is 0.801. The predicted octanol–water partition coefficient (Wildman–Crippen LogP) is 3.24. The number of nitrogens with zero attached hydrogens (tertiary/aromatic N) is 1. The molecule has 25 heavy (non-hydrogen) atoms. The van der Waals surface area contributed by atoms with Crippen molar-refractivity contribution in [3.8, 4) is 5.75 Å². The van der Waals surface area contributed by atoms with Crippen LogP contribution in [0.2, 0.25) is 5.02 Å². The topological polar surface area (TPSA) is 55.8 Å². The van der Waals surface area contributed by atoms with Crippen LogP contribution in [0.3, 0.4) is 0 Å². The molecule has 2 aromatic rings. The van der Waals surface area contributed by atoms with Crippen LogP contribution in [0.15, 0.2) is 48.5 Å². The second kappa shape index (κ2) is 7.57. The van der Waals surface area contributed by atoms with Gasteiger partial charge in [0.25, 0.3) is 5.91 Å². The molecule has 6 heteroatoms. The molecule has 3 rings (SSSR count). The number of amides is 1. The molecule has 0 bridgehead atoms. The highest BCUT2D eigenvalue weighted by atomic mass is 35.5. The highest BCUT2D eigenvalue weighted by Crippen LogP contribution is 2.31. The molecule has 0 spiro atoms. The van der Waals surface area contributed by atoms with E-state index in [9.17, 15) is 9.59 Å². The second-order valence-electron chi connectivity index (χ2n) is 5.85. The van der Waals surface area contributed by atoms with Gasteiger partial charge in [0.05, 0.1) is 0 Å². The van der Waals surface area contributed by atoms with Crippen LogP contribution in [0.5, 0.6) is 5.75 Å². The summed E-state index contributed by atoms with van der Waals surface area (Å²) in [5, 5.41) is 0.584. The number of anilines is 1. The first-order chi connectivity index (χ1) is 12.0. The summed E-state index contributed by atoms with van der Waals surface area (Å²) in [4.78, 5) is 25.9. The molecule has 0 saturated heterocycles. The average molecular weight is 360 g/mol. The Bertz CT molecular complexity index is 775. The molecule has 1 aliphatic rings. The SMILES string of the molecule is C[C@@H]1Cc2ccccc2N1C(=O)COC(=O)COc1ccc(Cl)cc1. The van der Waals surface area contributed by atoms with Gasteiger partial charge in [-0.3, -0.25) is 4.79 Å². The van der Waals surface area contributed by atoms with Crippen LogP contribution >= 0.6 is 11.6 Å². The minimum atomic E-state index is -0.594. The smallest absolute Gasteiger partial charge is 0.344 e. The molecule has 0 fully saturated rings. The largest absolute Gasteiger partial charge is 0.482 e. The molecule has 0 aromatic heterocycles. The highest BCUT2D eigenvalue weighted by Gasteiger charge is 2.30. The zero-order valence-electron chi connectivity index (χ0n) is 13.8. The Balaban J connectivity index is 1.50. The molecule has 2 aromatic carbocycles. The van der Waals surface area contributed by atoms with Gasteiger partial charge in [-0.1, -0.05) is 29.8 Å². The Kier molecular flexibility index (Phi) is 5.24. The summed E-state index contributed by atoms with van der Waals surface area (Å²) < 4.78 is 10.3. The summed E-state index contributed by atoms with van der Waals surface area (Å²) >= 11 is 5.78. The number of carbonyl (C=O) groups is 2. The summed E-state index contributed by atoms with van der Waals surface area (Å²) in [5.74, 6) is -0.324. The lowest BCUT2D eigenvalue weighted by molar-refractivity contribution is -0.149. The molecule has 1 atom stereocenters. The van der Waals surface area contributed by atoms with E-state index in [1.807, 2.05) is 31.2 Å². The van der Waals surface area contributed by atoms with Gasteiger partial charge in [0.15, 0.2) is 13.2 Å². The number of benzene rings is 2. The second-order valence-corrected chi connectivity index (χ2v) is 6.29. The van der Waals surface area contributed by atoms with Gasteiger partial charge in [-0.25, -0.2) is 4.79 Å². The van der Waals surface area contributed by atoms with Gasteiger partial charge >= 0.3 is 5.97 Å². The third-order valence-electron chi connectivity index (χ3n) is 4.00. The van der Waals surface area contributed by atoms with Crippen LogP contribution in [0.4, 0.5) is 5.69 Å².